The molecule has 236 valence electrons. The Morgan fingerprint density at radius 2 is 1.37 bits per heavy atom. The first kappa shape index (κ1) is 32.6. The summed E-state index contributed by atoms with van der Waals surface area (Å²) in [5.74, 6) is -1.62. The van der Waals surface area contributed by atoms with Crippen LogP contribution in [0.15, 0.2) is 42.5 Å². The SMILES string of the molecule is O=C(O)C(F)(F)F.O=C(c1ccc2c(c1)CCCC2)N1CCN(c2ccc(OCCCN3CCCCCCC3)cc2)CC1. The lowest BCUT2D eigenvalue weighted by atomic mass is 9.90. The lowest BCUT2D eigenvalue weighted by Gasteiger charge is -2.36. The lowest BCUT2D eigenvalue weighted by Crippen LogP contribution is -2.48. The average Bonchev–Trinajstić information content (AvgIpc) is 3.00. The molecule has 0 bridgehead atoms. The number of fused-ring (bicyclic) bond motifs is 1. The van der Waals surface area contributed by atoms with Crippen molar-refractivity contribution in [1.82, 2.24) is 9.80 Å². The van der Waals surface area contributed by atoms with E-state index >= 15 is 0 Å². The van der Waals surface area contributed by atoms with E-state index in [1.54, 1.807) is 0 Å². The van der Waals surface area contributed by atoms with Crippen molar-refractivity contribution in [3.8, 4) is 5.75 Å². The predicted molar refractivity (Wildman–Crippen MR) is 161 cm³/mol. The Balaban J connectivity index is 0.000000541. The van der Waals surface area contributed by atoms with Crippen molar-refractivity contribution < 1.29 is 32.6 Å². The van der Waals surface area contributed by atoms with Gasteiger partial charge in [-0.05, 0) is 106 Å². The van der Waals surface area contributed by atoms with Gasteiger partial charge < -0.3 is 24.5 Å². The van der Waals surface area contributed by atoms with Crippen LogP contribution >= 0.6 is 0 Å². The number of halogens is 3. The molecule has 0 spiro atoms. The molecule has 0 aromatic heterocycles. The highest BCUT2D eigenvalue weighted by Gasteiger charge is 2.38. The largest absolute Gasteiger partial charge is 0.494 e. The predicted octanol–water partition coefficient (Wildman–Crippen LogP) is 6.20. The van der Waals surface area contributed by atoms with Gasteiger partial charge in [-0.1, -0.05) is 25.3 Å². The minimum atomic E-state index is -5.08. The highest BCUT2D eigenvalue weighted by atomic mass is 19.4. The number of rotatable bonds is 7. The minimum absolute atomic E-state index is 0.183. The molecule has 0 atom stereocenters. The fourth-order valence-electron chi connectivity index (χ4n) is 5.98. The first-order valence-corrected chi connectivity index (χ1v) is 15.6. The molecule has 2 fully saturated rings. The van der Waals surface area contributed by atoms with Gasteiger partial charge in [0.25, 0.3) is 5.91 Å². The van der Waals surface area contributed by atoms with Gasteiger partial charge in [0.05, 0.1) is 6.61 Å². The monoisotopic (exact) mass is 603 g/mol. The van der Waals surface area contributed by atoms with Gasteiger partial charge in [0.15, 0.2) is 0 Å². The van der Waals surface area contributed by atoms with E-state index in [9.17, 15) is 18.0 Å². The van der Waals surface area contributed by atoms with Gasteiger partial charge >= 0.3 is 12.1 Å². The number of hydrogen-bond donors (Lipinski definition) is 1. The number of benzene rings is 2. The normalized spacial score (nSPS) is 18.0. The second-order valence-electron chi connectivity index (χ2n) is 11.6. The number of carbonyl (C=O) groups is 2. The number of alkyl halides is 3. The highest BCUT2D eigenvalue weighted by Crippen LogP contribution is 2.25. The van der Waals surface area contributed by atoms with Gasteiger partial charge in [0.1, 0.15) is 5.75 Å². The maximum Gasteiger partial charge on any atom is 0.490 e. The number of hydrogen-bond acceptors (Lipinski definition) is 5. The van der Waals surface area contributed by atoms with Crippen molar-refractivity contribution in [3.05, 3.63) is 59.2 Å². The molecule has 2 saturated heterocycles. The summed E-state index contributed by atoms with van der Waals surface area (Å²) < 4.78 is 37.8. The number of carboxylic acid groups (broad SMARTS) is 1. The molecule has 1 N–H and O–H groups in total. The molecule has 3 aliphatic rings. The first-order valence-electron chi connectivity index (χ1n) is 15.6. The maximum absolute atomic E-state index is 13.1. The van der Waals surface area contributed by atoms with Crippen molar-refractivity contribution in [1.29, 1.82) is 0 Å². The molecule has 0 unspecified atom stereocenters. The van der Waals surface area contributed by atoms with E-state index < -0.39 is 12.1 Å². The van der Waals surface area contributed by atoms with Crippen LogP contribution in [0.5, 0.6) is 5.75 Å². The Bertz CT molecular complexity index is 1170. The van der Waals surface area contributed by atoms with Crippen LogP contribution in [0.3, 0.4) is 0 Å². The molecule has 2 aliphatic heterocycles. The molecular weight excluding hydrogens is 559 g/mol. The summed E-state index contributed by atoms with van der Waals surface area (Å²) in [4.78, 5) is 29.0. The van der Waals surface area contributed by atoms with Crippen LogP contribution in [0.4, 0.5) is 18.9 Å². The van der Waals surface area contributed by atoms with E-state index in [1.165, 1.54) is 74.8 Å². The first-order chi connectivity index (χ1) is 20.7. The number of anilines is 1. The fraction of sp³-hybridized carbons (Fsp3) is 0.576. The molecule has 2 aromatic rings. The zero-order valence-electron chi connectivity index (χ0n) is 24.9. The average molecular weight is 604 g/mol. The quantitative estimate of drug-likeness (QED) is 0.380. The second kappa shape index (κ2) is 16.0. The summed E-state index contributed by atoms with van der Waals surface area (Å²) in [6.45, 7) is 7.70. The molecule has 10 heteroatoms. The van der Waals surface area contributed by atoms with E-state index in [1.807, 2.05) is 11.0 Å². The Labute approximate surface area is 252 Å². The Morgan fingerprint density at radius 1 is 0.767 bits per heavy atom. The summed E-state index contributed by atoms with van der Waals surface area (Å²) in [6.07, 6.45) is 7.67. The molecule has 2 aromatic carbocycles. The third kappa shape index (κ3) is 10.2. The maximum atomic E-state index is 13.1. The van der Waals surface area contributed by atoms with Crippen molar-refractivity contribution >= 4 is 17.6 Å². The van der Waals surface area contributed by atoms with Crippen LogP contribution in [0.2, 0.25) is 0 Å². The zero-order chi connectivity index (χ0) is 30.7. The Morgan fingerprint density at radius 3 is 2.00 bits per heavy atom. The van der Waals surface area contributed by atoms with E-state index in [4.69, 9.17) is 14.6 Å². The number of carboxylic acids is 1. The van der Waals surface area contributed by atoms with Crippen LogP contribution in [0, 0.1) is 0 Å². The van der Waals surface area contributed by atoms with E-state index in [-0.39, 0.29) is 5.91 Å². The van der Waals surface area contributed by atoms with Crippen LogP contribution in [-0.4, -0.2) is 85.4 Å². The number of aryl methyl sites for hydroxylation is 2. The number of amides is 1. The third-order valence-corrected chi connectivity index (χ3v) is 8.44. The van der Waals surface area contributed by atoms with Crippen LogP contribution in [0.25, 0.3) is 0 Å². The number of piperazine rings is 1. The summed E-state index contributed by atoms with van der Waals surface area (Å²) in [5, 5.41) is 7.12. The molecule has 43 heavy (non-hydrogen) atoms. The van der Waals surface area contributed by atoms with Gasteiger partial charge in [-0.3, -0.25) is 4.79 Å². The van der Waals surface area contributed by atoms with E-state index in [0.29, 0.717) is 0 Å². The number of aliphatic carboxylic acids is 1. The van der Waals surface area contributed by atoms with Crippen molar-refractivity contribution in [2.45, 2.75) is 70.4 Å². The summed E-state index contributed by atoms with van der Waals surface area (Å²) in [7, 11) is 0. The molecule has 0 saturated carbocycles. The number of carbonyl (C=O) groups excluding carboxylic acids is 1. The summed E-state index contributed by atoms with van der Waals surface area (Å²) >= 11 is 0. The van der Waals surface area contributed by atoms with E-state index in [2.05, 4.69) is 46.2 Å². The van der Waals surface area contributed by atoms with Crippen molar-refractivity contribution in [3.63, 3.8) is 0 Å². The van der Waals surface area contributed by atoms with Gasteiger partial charge in [-0.25, -0.2) is 4.79 Å². The molecule has 0 radical (unpaired) electrons. The van der Waals surface area contributed by atoms with Gasteiger partial charge in [-0.15, -0.1) is 0 Å². The lowest BCUT2D eigenvalue weighted by molar-refractivity contribution is -0.192. The van der Waals surface area contributed by atoms with Crippen LogP contribution < -0.4 is 9.64 Å². The number of likely N-dealkylation sites (tertiary alicyclic amines) is 1. The minimum Gasteiger partial charge on any atom is -0.494 e. The molecular formula is C33H44F3N3O4. The second-order valence-corrected chi connectivity index (χ2v) is 11.6. The molecule has 7 nitrogen and oxygen atoms in total. The van der Waals surface area contributed by atoms with Crippen LogP contribution in [0.1, 0.15) is 72.9 Å². The molecule has 2 heterocycles. The third-order valence-electron chi connectivity index (χ3n) is 8.44. The molecule has 1 aliphatic carbocycles. The van der Waals surface area contributed by atoms with E-state index in [0.717, 1.165) is 69.9 Å². The Kier molecular flexibility index (Phi) is 12.1. The van der Waals surface area contributed by atoms with Crippen LogP contribution in [-0.2, 0) is 17.6 Å². The smallest absolute Gasteiger partial charge is 0.490 e. The van der Waals surface area contributed by atoms with Gasteiger partial charge in [0.2, 0.25) is 0 Å². The Hall–Kier alpha value is -3.27. The summed E-state index contributed by atoms with van der Waals surface area (Å²) in [6, 6.07) is 14.9. The molecule has 1 amide bonds. The zero-order valence-corrected chi connectivity index (χ0v) is 24.9. The van der Waals surface area contributed by atoms with Crippen molar-refractivity contribution in [2.75, 3.05) is 57.3 Å². The molecule has 5 rings (SSSR count). The number of nitrogens with zero attached hydrogens (tertiary/aromatic N) is 3. The van der Waals surface area contributed by atoms with Gasteiger partial charge in [0, 0.05) is 44.0 Å². The number of ether oxygens (including phenoxy) is 1. The summed E-state index contributed by atoms with van der Waals surface area (Å²) in [5.41, 5.74) is 4.88. The van der Waals surface area contributed by atoms with Gasteiger partial charge in [-0.2, -0.15) is 13.2 Å². The van der Waals surface area contributed by atoms with Crippen molar-refractivity contribution in [2.24, 2.45) is 0 Å². The fourth-order valence-corrected chi connectivity index (χ4v) is 5.98. The highest BCUT2D eigenvalue weighted by molar-refractivity contribution is 5.94. The standard InChI is InChI=1S/C31H43N3O2.C2HF3O2/c35-31(28-12-11-26-9-4-5-10-27(26)25-28)34-22-20-33(21-23-34)29-13-15-30(16-14-29)36-24-8-19-32-17-6-2-1-3-7-18-32;3-2(4,5)1(6)7/h11-16,25H,1-10,17-24H2;(H,6,7). The topological polar surface area (TPSA) is 73.3 Å².